The summed E-state index contributed by atoms with van der Waals surface area (Å²) in [5.74, 6) is -0.610. The number of aromatic nitrogens is 2. The number of hydrogen-bond donors (Lipinski definition) is 2. The van der Waals surface area contributed by atoms with Crippen LogP contribution in [0.1, 0.15) is 5.56 Å². The summed E-state index contributed by atoms with van der Waals surface area (Å²) in [6, 6.07) is 4.96. The lowest BCUT2D eigenvalue weighted by molar-refractivity contribution is 0.582. The van der Waals surface area contributed by atoms with Gasteiger partial charge in [0.1, 0.15) is 10.8 Å². The van der Waals surface area contributed by atoms with Gasteiger partial charge in [0.2, 0.25) is 0 Å². The Labute approximate surface area is 120 Å². The van der Waals surface area contributed by atoms with Gasteiger partial charge in [-0.15, -0.1) is 0 Å². The zero-order chi connectivity index (χ0) is 14.9. The molecule has 0 amide bonds. The molecule has 0 saturated carbocycles. The highest BCUT2D eigenvalue weighted by Gasteiger charge is 2.18. The molecule has 0 aliphatic heterocycles. The van der Waals surface area contributed by atoms with Gasteiger partial charge in [0.15, 0.2) is 5.03 Å². The first-order chi connectivity index (χ1) is 9.31. The highest BCUT2D eigenvalue weighted by atomic mass is 32.2. The van der Waals surface area contributed by atoms with Gasteiger partial charge < -0.3 is 5.73 Å². The molecule has 2 rings (SSSR count). The molecular weight excluding hydrogens is 303 g/mol. The second kappa shape index (κ2) is 5.17. The van der Waals surface area contributed by atoms with E-state index in [9.17, 15) is 12.8 Å². The van der Waals surface area contributed by atoms with Crippen LogP contribution in [0.4, 0.5) is 10.1 Å². The third kappa shape index (κ3) is 2.78. The van der Waals surface area contributed by atoms with Crippen LogP contribution in [0.15, 0.2) is 35.5 Å². The summed E-state index contributed by atoms with van der Waals surface area (Å²) in [6.07, 6.45) is 1.36. The standard InChI is InChI=1S/C11H11FN4O2S2/c1-16-10(4-5-14-16)20(17,18)15-7-2-3-9(12)8(6-7)11(13)19/h2-6,15H,1H3,(H2,13,19). The van der Waals surface area contributed by atoms with Crippen molar-refractivity contribution in [3.05, 3.63) is 41.8 Å². The van der Waals surface area contributed by atoms with Crippen molar-refractivity contribution in [2.75, 3.05) is 4.72 Å². The predicted octanol–water partition coefficient (Wildman–Crippen LogP) is 0.994. The number of hydrogen-bond acceptors (Lipinski definition) is 4. The van der Waals surface area contributed by atoms with Gasteiger partial charge in [-0.1, -0.05) is 12.2 Å². The van der Waals surface area contributed by atoms with Crippen molar-refractivity contribution in [2.45, 2.75) is 5.03 Å². The third-order valence-corrected chi connectivity index (χ3v) is 4.21. The number of nitrogens with one attached hydrogen (secondary N) is 1. The molecule has 3 N–H and O–H groups in total. The zero-order valence-electron chi connectivity index (χ0n) is 10.4. The molecule has 1 aromatic heterocycles. The summed E-state index contributed by atoms with van der Waals surface area (Å²) in [5.41, 5.74) is 5.51. The first kappa shape index (κ1) is 14.4. The minimum atomic E-state index is -3.81. The maximum atomic E-state index is 13.4. The molecule has 0 fully saturated rings. The monoisotopic (exact) mass is 314 g/mol. The van der Waals surface area contributed by atoms with Gasteiger partial charge in [0, 0.05) is 18.3 Å². The van der Waals surface area contributed by atoms with Crippen molar-refractivity contribution in [1.29, 1.82) is 0 Å². The number of benzene rings is 1. The lowest BCUT2D eigenvalue weighted by Crippen LogP contribution is -2.18. The van der Waals surface area contributed by atoms with Crippen LogP contribution in [-0.2, 0) is 17.1 Å². The van der Waals surface area contributed by atoms with Gasteiger partial charge in [0.25, 0.3) is 10.0 Å². The van der Waals surface area contributed by atoms with Crippen LogP contribution in [0.5, 0.6) is 0 Å². The van der Waals surface area contributed by atoms with Crippen molar-refractivity contribution >= 4 is 32.9 Å². The van der Waals surface area contributed by atoms with Crippen LogP contribution >= 0.6 is 12.2 Å². The number of nitrogens with zero attached hydrogens (tertiary/aromatic N) is 2. The van der Waals surface area contributed by atoms with E-state index in [1.165, 1.54) is 36.1 Å². The molecule has 0 aliphatic carbocycles. The molecular formula is C11H11FN4O2S2. The highest BCUT2D eigenvalue weighted by Crippen LogP contribution is 2.18. The summed E-state index contributed by atoms with van der Waals surface area (Å²) in [6.45, 7) is 0. The smallest absolute Gasteiger partial charge is 0.279 e. The molecule has 2 aromatic rings. The Morgan fingerprint density at radius 3 is 2.70 bits per heavy atom. The molecule has 0 radical (unpaired) electrons. The Morgan fingerprint density at radius 1 is 1.45 bits per heavy atom. The molecule has 1 heterocycles. The molecule has 0 aliphatic rings. The molecule has 6 nitrogen and oxygen atoms in total. The number of aryl methyl sites for hydroxylation is 1. The van der Waals surface area contributed by atoms with Crippen molar-refractivity contribution in [1.82, 2.24) is 9.78 Å². The first-order valence-corrected chi connectivity index (χ1v) is 7.30. The van der Waals surface area contributed by atoms with Crippen LogP contribution in [0.3, 0.4) is 0 Å². The number of sulfonamides is 1. The highest BCUT2D eigenvalue weighted by molar-refractivity contribution is 7.92. The van der Waals surface area contributed by atoms with E-state index in [1.54, 1.807) is 0 Å². The Morgan fingerprint density at radius 2 is 2.15 bits per heavy atom. The largest absolute Gasteiger partial charge is 0.389 e. The van der Waals surface area contributed by atoms with E-state index in [2.05, 4.69) is 9.82 Å². The van der Waals surface area contributed by atoms with Crippen molar-refractivity contribution < 1.29 is 12.8 Å². The molecule has 0 bridgehead atoms. The molecule has 9 heteroatoms. The molecule has 0 saturated heterocycles. The van der Waals surface area contributed by atoms with E-state index < -0.39 is 15.8 Å². The fourth-order valence-electron chi connectivity index (χ4n) is 1.61. The average molecular weight is 314 g/mol. The van der Waals surface area contributed by atoms with Crippen molar-refractivity contribution in [3.8, 4) is 0 Å². The van der Waals surface area contributed by atoms with E-state index in [0.29, 0.717) is 0 Å². The predicted molar refractivity (Wildman–Crippen MR) is 76.3 cm³/mol. The van der Waals surface area contributed by atoms with Gasteiger partial charge >= 0.3 is 0 Å². The number of thiocarbonyl (C=S) groups is 1. The van der Waals surface area contributed by atoms with Gasteiger partial charge in [-0.2, -0.15) is 13.5 Å². The van der Waals surface area contributed by atoms with Crippen molar-refractivity contribution in [2.24, 2.45) is 12.8 Å². The van der Waals surface area contributed by atoms with E-state index in [4.69, 9.17) is 18.0 Å². The minimum Gasteiger partial charge on any atom is -0.389 e. The quantitative estimate of drug-likeness (QED) is 0.822. The third-order valence-electron chi connectivity index (χ3n) is 2.54. The molecule has 106 valence electrons. The van der Waals surface area contributed by atoms with Crippen LogP contribution < -0.4 is 10.5 Å². The Kier molecular flexibility index (Phi) is 3.73. The maximum Gasteiger partial charge on any atom is 0.279 e. The normalized spacial score (nSPS) is 11.3. The fourth-order valence-corrected chi connectivity index (χ4v) is 2.94. The molecule has 20 heavy (non-hydrogen) atoms. The summed E-state index contributed by atoms with van der Waals surface area (Å²) in [7, 11) is -2.31. The fraction of sp³-hybridized carbons (Fsp3) is 0.0909. The summed E-state index contributed by atoms with van der Waals surface area (Å²) >= 11 is 4.70. The molecule has 0 unspecified atom stereocenters. The van der Waals surface area contributed by atoms with Crippen molar-refractivity contribution in [3.63, 3.8) is 0 Å². The Balaban J connectivity index is 2.38. The Bertz CT molecular complexity index is 770. The van der Waals surface area contributed by atoms with Gasteiger partial charge in [-0.05, 0) is 24.3 Å². The lowest BCUT2D eigenvalue weighted by Gasteiger charge is -2.09. The average Bonchev–Trinajstić information content (AvgIpc) is 2.78. The first-order valence-electron chi connectivity index (χ1n) is 5.41. The van der Waals surface area contributed by atoms with Gasteiger partial charge in [-0.3, -0.25) is 9.40 Å². The second-order valence-electron chi connectivity index (χ2n) is 3.96. The van der Waals surface area contributed by atoms with Crippen LogP contribution in [0.2, 0.25) is 0 Å². The van der Waals surface area contributed by atoms with Crippen LogP contribution in [0, 0.1) is 5.82 Å². The summed E-state index contributed by atoms with van der Waals surface area (Å²) in [5, 5.41) is 3.77. The molecule has 0 spiro atoms. The number of rotatable bonds is 4. The molecule has 1 aromatic carbocycles. The maximum absolute atomic E-state index is 13.4. The Hall–Kier alpha value is -2.00. The van der Waals surface area contributed by atoms with Gasteiger partial charge in [0.05, 0.1) is 6.20 Å². The number of nitrogens with two attached hydrogens (primary N) is 1. The van der Waals surface area contributed by atoms with E-state index in [1.807, 2.05) is 0 Å². The summed E-state index contributed by atoms with van der Waals surface area (Å²) in [4.78, 5) is -0.149. The van der Waals surface area contributed by atoms with Gasteiger partial charge in [-0.25, -0.2) is 4.39 Å². The SMILES string of the molecule is Cn1nccc1S(=O)(=O)Nc1ccc(F)c(C(N)=S)c1. The number of anilines is 1. The minimum absolute atomic E-state index is 0.0151. The van der Waals surface area contributed by atoms with Crippen LogP contribution in [0.25, 0.3) is 0 Å². The van der Waals surface area contributed by atoms with E-state index >= 15 is 0 Å². The number of halogens is 1. The topological polar surface area (TPSA) is 90.0 Å². The summed E-state index contributed by atoms with van der Waals surface area (Å²) < 4.78 is 41.2. The molecule has 0 atom stereocenters. The van der Waals surface area contributed by atoms with Crippen LogP contribution in [-0.4, -0.2) is 23.2 Å². The van der Waals surface area contributed by atoms with E-state index in [0.717, 1.165) is 6.07 Å². The lowest BCUT2D eigenvalue weighted by atomic mass is 10.2. The van der Waals surface area contributed by atoms with E-state index in [-0.39, 0.29) is 21.3 Å². The second-order valence-corrected chi connectivity index (χ2v) is 6.03. The zero-order valence-corrected chi connectivity index (χ0v) is 12.0.